The van der Waals surface area contributed by atoms with E-state index < -0.39 is 10.1 Å². The number of hydrogen-bond acceptors (Lipinski definition) is 3. The molecule has 0 unspecified atom stereocenters. The molecular formula is C7H16O3S2. The van der Waals surface area contributed by atoms with Gasteiger partial charge in [0.25, 0.3) is 10.1 Å². The second kappa shape index (κ2) is 6.74. The van der Waals surface area contributed by atoms with Crippen LogP contribution in [0.25, 0.3) is 0 Å². The number of unbranched alkanes of at least 4 members (excludes halogenated alkanes) is 4. The molecule has 0 fully saturated rings. The van der Waals surface area contributed by atoms with Gasteiger partial charge < -0.3 is 0 Å². The summed E-state index contributed by atoms with van der Waals surface area (Å²) in [6.45, 7) is 0. The predicted octanol–water partition coefficient (Wildman–Crippen LogP) is 1.75. The van der Waals surface area contributed by atoms with Gasteiger partial charge in [-0.3, -0.25) is 4.55 Å². The Kier molecular flexibility index (Phi) is 6.89. The monoisotopic (exact) mass is 212 g/mol. The lowest BCUT2D eigenvalue weighted by Gasteiger charge is -1.98. The first-order chi connectivity index (χ1) is 5.56. The van der Waals surface area contributed by atoms with Crippen molar-refractivity contribution in [2.45, 2.75) is 32.1 Å². The fourth-order valence-corrected chi connectivity index (χ4v) is 1.72. The van der Waals surface area contributed by atoms with Crippen LogP contribution in [0.2, 0.25) is 0 Å². The second-order valence-electron chi connectivity index (χ2n) is 2.78. The summed E-state index contributed by atoms with van der Waals surface area (Å²) < 4.78 is 28.9. The fraction of sp³-hybridized carbons (Fsp3) is 1.00. The van der Waals surface area contributed by atoms with Gasteiger partial charge in [-0.25, -0.2) is 0 Å². The summed E-state index contributed by atoms with van der Waals surface area (Å²) in [5.41, 5.74) is 0. The van der Waals surface area contributed by atoms with Gasteiger partial charge in [-0.05, 0) is 18.6 Å². The van der Waals surface area contributed by atoms with Crippen molar-refractivity contribution in [1.82, 2.24) is 0 Å². The molecule has 0 aliphatic heterocycles. The molecule has 0 rings (SSSR count). The summed E-state index contributed by atoms with van der Waals surface area (Å²) in [6, 6.07) is 0. The third kappa shape index (κ3) is 10.3. The molecule has 74 valence electrons. The van der Waals surface area contributed by atoms with Crippen molar-refractivity contribution >= 4 is 22.7 Å². The molecule has 0 radical (unpaired) electrons. The quantitative estimate of drug-likeness (QED) is 0.384. The third-order valence-corrected chi connectivity index (χ3v) is 2.68. The molecule has 0 saturated carbocycles. The van der Waals surface area contributed by atoms with E-state index in [-0.39, 0.29) is 5.75 Å². The normalized spacial score (nSPS) is 11.8. The molecule has 0 atom stereocenters. The molecule has 3 nitrogen and oxygen atoms in total. The Morgan fingerprint density at radius 2 is 1.50 bits per heavy atom. The molecule has 1 N–H and O–H groups in total. The van der Waals surface area contributed by atoms with E-state index in [1.54, 1.807) is 0 Å². The topological polar surface area (TPSA) is 54.4 Å². The second-order valence-corrected chi connectivity index (χ2v) is 4.80. The lowest BCUT2D eigenvalue weighted by atomic mass is 10.2. The van der Waals surface area contributed by atoms with Crippen LogP contribution in [0.5, 0.6) is 0 Å². The van der Waals surface area contributed by atoms with Crippen molar-refractivity contribution in [3.63, 3.8) is 0 Å². The number of rotatable bonds is 7. The molecule has 0 spiro atoms. The van der Waals surface area contributed by atoms with Gasteiger partial charge in [0.1, 0.15) is 0 Å². The van der Waals surface area contributed by atoms with Crippen molar-refractivity contribution in [1.29, 1.82) is 0 Å². The summed E-state index contributed by atoms with van der Waals surface area (Å²) in [5.74, 6) is 0.784. The van der Waals surface area contributed by atoms with Crippen molar-refractivity contribution in [2.75, 3.05) is 11.5 Å². The Morgan fingerprint density at radius 3 is 2.00 bits per heavy atom. The zero-order valence-corrected chi connectivity index (χ0v) is 8.78. The lowest BCUT2D eigenvalue weighted by molar-refractivity contribution is 0.479. The minimum atomic E-state index is -3.73. The van der Waals surface area contributed by atoms with E-state index in [9.17, 15) is 8.42 Å². The Bertz CT molecular complexity index is 187. The molecule has 12 heavy (non-hydrogen) atoms. The average molecular weight is 212 g/mol. The largest absolute Gasteiger partial charge is 0.286 e. The first-order valence-corrected chi connectivity index (χ1v) is 6.36. The molecule has 0 aliphatic carbocycles. The van der Waals surface area contributed by atoms with Crippen molar-refractivity contribution in [3.05, 3.63) is 0 Å². The molecule has 0 aromatic heterocycles. The van der Waals surface area contributed by atoms with E-state index in [1.165, 1.54) is 0 Å². The minimum absolute atomic E-state index is 0.103. The van der Waals surface area contributed by atoms with E-state index in [2.05, 4.69) is 12.6 Å². The molecule has 0 amide bonds. The third-order valence-electron chi connectivity index (χ3n) is 1.56. The van der Waals surface area contributed by atoms with Gasteiger partial charge in [0.15, 0.2) is 0 Å². The maximum Gasteiger partial charge on any atom is 0.264 e. The SMILES string of the molecule is O=S(=O)(O)CCCCCCCS. The van der Waals surface area contributed by atoms with Crippen molar-refractivity contribution in [3.8, 4) is 0 Å². The maximum absolute atomic E-state index is 10.3. The zero-order valence-electron chi connectivity index (χ0n) is 7.07. The summed E-state index contributed by atoms with van der Waals surface area (Å²) in [7, 11) is -3.73. The summed E-state index contributed by atoms with van der Waals surface area (Å²) in [4.78, 5) is 0. The molecule has 0 aromatic rings. The molecule has 0 aliphatic rings. The zero-order chi connectivity index (χ0) is 9.45. The smallest absolute Gasteiger partial charge is 0.264 e. The van der Waals surface area contributed by atoms with Gasteiger partial charge in [-0.15, -0.1) is 0 Å². The first-order valence-electron chi connectivity index (χ1n) is 4.12. The highest BCUT2D eigenvalue weighted by molar-refractivity contribution is 7.85. The molecule has 0 aromatic carbocycles. The van der Waals surface area contributed by atoms with Crippen LogP contribution in [-0.4, -0.2) is 24.5 Å². The van der Waals surface area contributed by atoms with Crippen LogP contribution in [0.4, 0.5) is 0 Å². The minimum Gasteiger partial charge on any atom is -0.286 e. The van der Waals surface area contributed by atoms with Crippen LogP contribution >= 0.6 is 12.6 Å². The van der Waals surface area contributed by atoms with Crippen molar-refractivity contribution in [2.24, 2.45) is 0 Å². The number of hydrogen-bond donors (Lipinski definition) is 2. The van der Waals surface area contributed by atoms with Gasteiger partial charge in [0, 0.05) is 0 Å². The Labute approximate surface area is 79.7 Å². The number of thiol groups is 1. The van der Waals surface area contributed by atoms with E-state index in [4.69, 9.17) is 4.55 Å². The van der Waals surface area contributed by atoms with Gasteiger partial charge >= 0.3 is 0 Å². The Hall–Kier alpha value is 0.260. The summed E-state index contributed by atoms with van der Waals surface area (Å²) >= 11 is 4.06. The molecule has 0 bridgehead atoms. The Morgan fingerprint density at radius 1 is 1.00 bits per heavy atom. The highest BCUT2D eigenvalue weighted by Gasteiger charge is 2.02. The maximum atomic E-state index is 10.3. The predicted molar refractivity (Wildman–Crippen MR) is 53.4 cm³/mol. The molecule has 0 heterocycles. The van der Waals surface area contributed by atoms with Crippen LogP contribution < -0.4 is 0 Å². The average Bonchev–Trinajstić information content (AvgIpc) is 1.94. The van der Waals surface area contributed by atoms with Crippen LogP contribution in [-0.2, 0) is 10.1 Å². The molecule has 5 heteroatoms. The first kappa shape index (κ1) is 12.3. The van der Waals surface area contributed by atoms with Crippen LogP contribution in [0.1, 0.15) is 32.1 Å². The van der Waals surface area contributed by atoms with E-state index in [0.29, 0.717) is 6.42 Å². The van der Waals surface area contributed by atoms with E-state index in [1.807, 2.05) is 0 Å². The summed E-state index contributed by atoms with van der Waals surface area (Å²) in [6.07, 6.45) is 4.62. The van der Waals surface area contributed by atoms with E-state index >= 15 is 0 Å². The van der Waals surface area contributed by atoms with Gasteiger partial charge in [0.05, 0.1) is 5.75 Å². The standard InChI is InChI=1S/C7H16O3S2/c8-12(9,10)7-5-3-1-2-4-6-11/h11H,1-7H2,(H,8,9,10). The van der Waals surface area contributed by atoms with Crippen LogP contribution in [0.3, 0.4) is 0 Å². The molecular weight excluding hydrogens is 196 g/mol. The highest BCUT2D eigenvalue weighted by atomic mass is 32.2. The van der Waals surface area contributed by atoms with E-state index in [0.717, 1.165) is 31.4 Å². The summed E-state index contributed by atoms with van der Waals surface area (Å²) in [5, 5.41) is 0. The fourth-order valence-electron chi connectivity index (χ4n) is 0.927. The van der Waals surface area contributed by atoms with Gasteiger partial charge in [0.2, 0.25) is 0 Å². The van der Waals surface area contributed by atoms with Crippen molar-refractivity contribution < 1.29 is 13.0 Å². The van der Waals surface area contributed by atoms with Crippen LogP contribution in [0, 0.1) is 0 Å². The van der Waals surface area contributed by atoms with Gasteiger partial charge in [-0.2, -0.15) is 21.0 Å². The van der Waals surface area contributed by atoms with Crippen LogP contribution in [0.15, 0.2) is 0 Å². The lowest BCUT2D eigenvalue weighted by Crippen LogP contribution is -2.03. The highest BCUT2D eigenvalue weighted by Crippen LogP contribution is 2.04. The molecule has 0 saturated heterocycles. The van der Waals surface area contributed by atoms with Gasteiger partial charge in [-0.1, -0.05) is 19.3 Å². The Balaban J connectivity index is 3.12.